The summed E-state index contributed by atoms with van der Waals surface area (Å²) in [5.74, 6) is -0.120. The van der Waals surface area contributed by atoms with Gasteiger partial charge in [0.2, 0.25) is 0 Å². The van der Waals surface area contributed by atoms with Crippen molar-refractivity contribution in [1.82, 2.24) is 5.32 Å². The monoisotopic (exact) mass is 255 g/mol. The lowest BCUT2D eigenvalue weighted by atomic mass is 10.2. The van der Waals surface area contributed by atoms with E-state index in [1.54, 1.807) is 12.1 Å². The summed E-state index contributed by atoms with van der Waals surface area (Å²) in [5.41, 5.74) is 1.74. The molecule has 3 heteroatoms. The first-order chi connectivity index (χ1) is 9.36. The highest BCUT2D eigenvalue weighted by Gasteiger charge is 2.03. The Hall–Kier alpha value is -2.13. The first kappa shape index (κ1) is 13.3. The van der Waals surface area contributed by atoms with Gasteiger partial charge in [-0.25, -0.2) is 0 Å². The predicted octanol–water partition coefficient (Wildman–Crippen LogP) is 2.83. The van der Waals surface area contributed by atoms with E-state index in [0.717, 1.165) is 12.0 Å². The molecular weight excluding hydrogens is 238 g/mol. The van der Waals surface area contributed by atoms with Crippen LogP contribution in [0, 0.1) is 0 Å². The van der Waals surface area contributed by atoms with Gasteiger partial charge in [-0.2, -0.15) is 0 Å². The van der Waals surface area contributed by atoms with Gasteiger partial charge in [-0.1, -0.05) is 48.6 Å². The molecular formula is C16H17NO2. The molecule has 0 spiro atoms. The van der Waals surface area contributed by atoms with Crippen LogP contribution in [-0.2, 0) is 4.74 Å². The van der Waals surface area contributed by atoms with Crippen LogP contribution in [-0.4, -0.2) is 19.2 Å². The summed E-state index contributed by atoms with van der Waals surface area (Å²) in [7, 11) is 0. The molecule has 0 atom stereocenters. The molecule has 1 aliphatic rings. The minimum absolute atomic E-state index is 0.120. The summed E-state index contributed by atoms with van der Waals surface area (Å²) in [6, 6.07) is 9.10. The van der Waals surface area contributed by atoms with Gasteiger partial charge < -0.3 is 10.1 Å². The Morgan fingerprint density at radius 2 is 2.05 bits per heavy atom. The fourth-order valence-corrected chi connectivity index (χ4v) is 1.70. The second kappa shape index (κ2) is 7.34. The maximum absolute atomic E-state index is 11.7. The summed E-state index contributed by atoms with van der Waals surface area (Å²) < 4.78 is 5.44. The Balaban J connectivity index is 1.71. The zero-order chi connectivity index (χ0) is 13.3. The lowest BCUT2D eigenvalue weighted by Gasteiger charge is -2.07. The van der Waals surface area contributed by atoms with Crippen molar-refractivity contribution in [3.8, 4) is 0 Å². The Labute approximate surface area is 113 Å². The molecule has 0 unspecified atom stereocenters. The molecule has 1 N–H and O–H groups in total. The molecule has 0 saturated heterocycles. The predicted molar refractivity (Wildman–Crippen MR) is 75.7 cm³/mol. The van der Waals surface area contributed by atoms with Crippen molar-refractivity contribution in [2.75, 3.05) is 13.3 Å². The van der Waals surface area contributed by atoms with Crippen molar-refractivity contribution in [3.05, 3.63) is 71.8 Å². The van der Waals surface area contributed by atoms with E-state index < -0.39 is 0 Å². The van der Waals surface area contributed by atoms with E-state index in [1.807, 2.05) is 36.4 Å². The van der Waals surface area contributed by atoms with Gasteiger partial charge in [-0.05, 0) is 24.1 Å². The number of hydrogen-bond donors (Lipinski definition) is 1. The van der Waals surface area contributed by atoms with Crippen LogP contribution in [0.1, 0.15) is 16.8 Å². The van der Waals surface area contributed by atoms with E-state index >= 15 is 0 Å². The molecule has 0 bridgehead atoms. The third-order valence-electron chi connectivity index (χ3n) is 2.69. The highest BCUT2D eigenvalue weighted by molar-refractivity contribution is 5.93. The number of hydrogen-bond acceptors (Lipinski definition) is 2. The summed E-state index contributed by atoms with van der Waals surface area (Å²) in [6.07, 6.45) is 11.2. The van der Waals surface area contributed by atoms with Gasteiger partial charge in [0.05, 0.1) is 6.61 Å². The topological polar surface area (TPSA) is 38.3 Å². The van der Waals surface area contributed by atoms with Gasteiger partial charge in [0.15, 0.2) is 0 Å². The van der Waals surface area contributed by atoms with Crippen molar-refractivity contribution >= 4 is 5.91 Å². The van der Waals surface area contributed by atoms with Crippen LogP contribution >= 0.6 is 0 Å². The van der Waals surface area contributed by atoms with Gasteiger partial charge in [0.1, 0.15) is 6.73 Å². The molecule has 0 aromatic heterocycles. The third-order valence-corrected chi connectivity index (χ3v) is 2.69. The minimum Gasteiger partial charge on any atom is -0.357 e. The molecule has 0 saturated carbocycles. The number of allylic oxidation sites excluding steroid dienone is 4. The number of benzene rings is 1. The molecule has 1 aromatic rings. The first-order valence-electron chi connectivity index (χ1n) is 6.29. The highest BCUT2D eigenvalue weighted by atomic mass is 16.5. The first-order valence-corrected chi connectivity index (χ1v) is 6.29. The molecule has 98 valence electrons. The van der Waals surface area contributed by atoms with Crippen LogP contribution in [0.25, 0.3) is 0 Å². The Morgan fingerprint density at radius 1 is 1.21 bits per heavy atom. The van der Waals surface area contributed by atoms with E-state index in [1.165, 1.54) is 0 Å². The van der Waals surface area contributed by atoms with Crippen LogP contribution in [0.5, 0.6) is 0 Å². The van der Waals surface area contributed by atoms with E-state index in [0.29, 0.717) is 12.2 Å². The second-order valence-corrected chi connectivity index (χ2v) is 4.17. The van der Waals surface area contributed by atoms with Gasteiger partial charge in [-0.15, -0.1) is 0 Å². The third kappa shape index (κ3) is 4.56. The fraction of sp³-hybridized carbons (Fsp3) is 0.188. The summed E-state index contributed by atoms with van der Waals surface area (Å²) in [6.45, 7) is 0.707. The second-order valence-electron chi connectivity index (χ2n) is 4.17. The highest BCUT2D eigenvalue weighted by Crippen LogP contribution is 2.04. The van der Waals surface area contributed by atoms with E-state index in [-0.39, 0.29) is 12.6 Å². The molecule has 1 aliphatic carbocycles. The van der Waals surface area contributed by atoms with Gasteiger partial charge in [0.25, 0.3) is 5.91 Å². The summed E-state index contributed by atoms with van der Waals surface area (Å²) >= 11 is 0. The molecule has 0 fully saturated rings. The Kier molecular flexibility index (Phi) is 5.14. The van der Waals surface area contributed by atoms with Gasteiger partial charge in [-0.3, -0.25) is 4.79 Å². The number of ether oxygens (including phenoxy) is 1. The van der Waals surface area contributed by atoms with E-state index in [2.05, 4.69) is 17.5 Å². The molecule has 19 heavy (non-hydrogen) atoms. The van der Waals surface area contributed by atoms with Crippen molar-refractivity contribution in [1.29, 1.82) is 0 Å². The van der Waals surface area contributed by atoms with Crippen molar-refractivity contribution < 1.29 is 9.53 Å². The summed E-state index contributed by atoms with van der Waals surface area (Å²) in [5, 5.41) is 2.72. The number of carbonyl (C=O) groups excluding carboxylic acids is 1. The molecule has 2 rings (SSSR count). The standard InChI is InChI=1S/C16H17NO2/c18-16(15-10-6-3-7-11-15)17-13-19-12-14-8-4-1-2-5-9-14/h1,3-11H,2,12-13H2,(H,17,18). The van der Waals surface area contributed by atoms with E-state index in [9.17, 15) is 4.79 Å². The van der Waals surface area contributed by atoms with Crippen molar-refractivity contribution in [2.24, 2.45) is 0 Å². The lowest BCUT2D eigenvalue weighted by molar-refractivity contribution is 0.0832. The lowest BCUT2D eigenvalue weighted by Crippen LogP contribution is -2.26. The molecule has 1 aromatic carbocycles. The molecule has 1 amide bonds. The van der Waals surface area contributed by atoms with Crippen molar-refractivity contribution in [2.45, 2.75) is 6.42 Å². The molecule has 0 radical (unpaired) electrons. The number of rotatable bonds is 5. The molecule has 0 heterocycles. The van der Waals surface area contributed by atoms with Gasteiger partial charge >= 0.3 is 0 Å². The average molecular weight is 255 g/mol. The number of nitrogens with one attached hydrogen (secondary N) is 1. The van der Waals surface area contributed by atoms with Crippen molar-refractivity contribution in [3.63, 3.8) is 0 Å². The smallest absolute Gasteiger partial charge is 0.253 e. The number of carbonyl (C=O) groups is 1. The number of amides is 1. The average Bonchev–Trinajstić information content (AvgIpc) is 2.73. The van der Waals surface area contributed by atoms with Crippen LogP contribution < -0.4 is 5.32 Å². The normalized spacial score (nSPS) is 13.8. The molecule has 0 aliphatic heterocycles. The van der Waals surface area contributed by atoms with E-state index in [4.69, 9.17) is 4.74 Å². The molecule has 3 nitrogen and oxygen atoms in total. The Morgan fingerprint density at radius 3 is 2.89 bits per heavy atom. The van der Waals surface area contributed by atoms with Crippen LogP contribution in [0.15, 0.2) is 66.3 Å². The maximum atomic E-state index is 11.7. The zero-order valence-electron chi connectivity index (χ0n) is 10.7. The minimum atomic E-state index is -0.120. The van der Waals surface area contributed by atoms with Crippen LogP contribution in [0.3, 0.4) is 0 Å². The van der Waals surface area contributed by atoms with Gasteiger partial charge in [0, 0.05) is 5.56 Å². The summed E-state index contributed by atoms with van der Waals surface area (Å²) in [4.78, 5) is 11.7. The fourth-order valence-electron chi connectivity index (χ4n) is 1.70. The quantitative estimate of drug-likeness (QED) is 0.649. The van der Waals surface area contributed by atoms with Crippen LogP contribution in [0.4, 0.5) is 0 Å². The van der Waals surface area contributed by atoms with Crippen LogP contribution in [0.2, 0.25) is 0 Å². The maximum Gasteiger partial charge on any atom is 0.253 e. The zero-order valence-corrected chi connectivity index (χ0v) is 10.7. The SMILES string of the molecule is O=C(NCOCC1=CC=CCC=C1)c1ccccc1. The Bertz CT molecular complexity index is 501. The largest absolute Gasteiger partial charge is 0.357 e.